The second-order valence-electron chi connectivity index (χ2n) is 3.32. The Bertz CT molecular complexity index is 361. The molecule has 0 heterocycles. The normalized spacial score (nSPS) is 10.9. The summed E-state index contributed by atoms with van der Waals surface area (Å²) < 4.78 is 24.2. The third-order valence-corrected chi connectivity index (χ3v) is 2.22. The number of hydrogen-bond donors (Lipinski definition) is 2. The fraction of sp³-hybridized carbons (Fsp3) is 0.400. The van der Waals surface area contributed by atoms with E-state index in [0.717, 1.165) is 12.2 Å². The minimum absolute atomic E-state index is 0.241. The monoisotopic (exact) mass is 294 g/mol. The van der Waals surface area contributed by atoms with Gasteiger partial charge in [0.1, 0.15) is 0 Å². The van der Waals surface area contributed by atoms with Crippen LogP contribution in [-0.4, -0.2) is 41.5 Å². The lowest BCUT2D eigenvalue weighted by atomic mass is 10.2. The van der Waals surface area contributed by atoms with Crippen molar-refractivity contribution in [2.24, 2.45) is 5.92 Å². The van der Waals surface area contributed by atoms with Crippen LogP contribution in [0, 0.1) is 5.92 Å². The van der Waals surface area contributed by atoms with Gasteiger partial charge >= 0.3 is 19.8 Å². The van der Waals surface area contributed by atoms with Gasteiger partial charge in [-0.3, -0.25) is 4.52 Å². The smallest absolute Gasteiger partial charge is 0.462 e. The molecule has 0 fully saturated rings. The van der Waals surface area contributed by atoms with Crippen molar-refractivity contribution in [3.05, 3.63) is 25.3 Å². The number of phosphoric ester groups is 1. The number of phosphoric acid groups is 1. The Morgan fingerprint density at radius 2 is 1.47 bits per heavy atom. The van der Waals surface area contributed by atoms with Crippen molar-refractivity contribution >= 4 is 19.8 Å². The number of esters is 2. The van der Waals surface area contributed by atoms with Crippen LogP contribution in [0.2, 0.25) is 0 Å². The maximum atomic E-state index is 10.9. The van der Waals surface area contributed by atoms with E-state index in [4.69, 9.17) is 9.79 Å². The zero-order chi connectivity index (χ0) is 14.9. The molecule has 0 bridgehead atoms. The van der Waals surface area contributed by atoms with E-state index >= 15 is 0 Å². The van der Waals surface area contributed by atoms with Crippen molar-refractivity contribution in [3.63, 3.8) is 0 Å². The highest BCUT2D eigenvalue weighted by Gasteiger charge is 2.20. The molecule has 0 saturated heterocycles. The molecule has 0 aromatic rings. The maximum absolute atomic E-state index is 10.9. The summed E-state index contributed by atoms with van der Waals surface area (Å²) in [5.41, 5.74) is 0. The van der Waals surface area contributed by atoms with Gasteiger partial charge in [0.15, 0.2) is 0 Å². The number of rotatable bonds is 9. The summed E-state index contributed by atoms with van der Waals surface area (Å²) in [5.74, 6) is -2.15. The van der Waals surface area contributed by atoms with Gasteiger partial charge in [-0.1, -0.05) is 13.2 Å². The Balaban J connectivity index is 4.32. The Morgan fingerprint density at radius 1 is 1.05 bits per heavy atom. The van der Waals surface area contributed by atoms with Gasteiger partial charge in [-0.2, -0.15) is 0 Å². The molecule has 108 valence electrons. The molecule has 0 aliphatic carbocycles. The third kappa shape index (κ3) is 10.2. The minimum atomic E-state index is -4.65. The zero-order valence-corrected chi connectivity index (χ0v) is 11.0. The molecule has 0 saturated carbocycles. The first-order valence-electron chi connectivity index (χ1n) is 5.07. The standard InChI is InChI=1S/C10H15O8P/c1-3-9(11)16-5-8(6-17-10(12)4-2)7-18-19(13,14)15/h3-4,8H,1-2,5-7H2,(H2,13,14,15). The molecule has 19 heavy (non-hydrogen) atoms. The van der Waals surface area contributed by atoms with Crippen molar-refractivity contribution in [2.45, 2.75) is 0 Å². The quantitative estimate of drug-likeness (QED) is 0.351. The van der Waals surface area contributed by atoms with Gasteiger partial charge in [0.05, 0.1) is 25.7 Å². The van der Waals surface area contributed by atoms with E-state index in [9.17, 15) is 14.2 Å². The van der Waals surface area contributed by atoms with Crippen LogP contribution in [0.4, 0.5) is 0 Å². The van der Waals surface area contributed by atoms with Crippen molar-refractivity contribution < 1.29 is 37.9 Å². The second kappa shape index (κ2) is 8.60. The topological polar surface area (TPSA) is 119 Å². The highest BCUT2D eigenvalue weighted by atomic mass is 31.2. The molecule has 0 aromatic carbocycles. The minimum Gasteiger partial charge on any atom is -0.462 e. The largest absolute Gasteiger partial charge is 0.469 e. The van der Waals surface area contributed by atoms with Crippen LogP contribution in [0.5, 0.6) is 0 Å². The van der Waals surface area contributed by atoms with E-state index in [0.29, 0.717) is 0 Å². The fourth-order valence-electron chi connectivity index (χ4n) is 0.865. The summed E-state index contributed by atoms with van der Waals surface area (Å²) >= 11 is 0. The molecule has 0 aliphatic heterocycles. The van der Waals surface area contributed by atoms with Gasteiger partial charge < -0.3 is 19.3 Å². The molecule has 2 N–H and O–H groups in total. The van der Waals surface area contributed by atoms with E-state index in [1.54, 1.807) is 0 Å². The Labute approximate surface area is 109 Å². The van der Waals surface area contributed by atoms with E-state index < -0.39 is 32.3 Å². The summed E-state index contributed by atoms with van der Waals surface area (Å²) in [6.45, 7) is 5.44. The molecule has 8 nitrogen and oxygen atoms in total. The first-order chi connectivity index (χ1) is 8.78. The molecule has 0 atom stereocenters. The molecule has 0 radical (unpaired) electrons. The summed E-state index contributed by atoms with van der Waals surface area (Å²) in [5, 5.41) is 0. The first kappa shape index (κ1) is 17.5. The Morgan fingerprint density at radius 3 is 1.79 bits per heavy atom. The fourth-order valence-corrected chi connectivity index (χ4v) is 1.27. The zero-order valence-electron chi connectivity index (χ0n) is 10.1. The molecule has 0 rings (SSSR count). The third-order valence-electron chi connectivity index (χ3n) is 1.73. The van der Waals surface area contributed by atoms with Crippen LogP contribution in [-0.2, 0) is 28.2 Å². The van der Waals surface area contributed by atoms with E-state index in [-0.39, 0.29) is 13.2 Å². The predicted molar refractivity (Wildman–Crippen MR) is 63.8 cm³/mol. The Kier molecular flexibility index (Phi) is 7.94. The first-order valence-corrected chi connectivity index (χ1v) is 6.60. The van der Waals surface area contributed by atoms with Crippen molar-refractivity contribution in [1.82, 2.24) is 0 Å². The van der Waals surface area contributed by atoms with Gasteiger partial charge in [-0.05, 0) is 0 Å². The second-order valence-corrected chi connectivity index (χ2v) is 4.56. The predicted octanol–water partition coefficient (Wildman–Crippen LogP) is 0.170. The van der Waals surface area contributed by atoms with Gasteiger partial charge in [-0.25, -0.2) is 14.2 Å². The SMILES string of the molecule is C=CC(=O)OCC(COC(=O)C=C)COP(=O)(O)O. The molecule has 0 aliphatic rings. The van der Waals surface area contributed by atoms with Gasteiger partial charge in [0, 0.05) is 12.2 Å². The van der Waals surface area contributed by atoms with E-state index in [2.05, 4.69) is 27.2 Å². The molecule has 0 spiro atoms. The highest BCUT2D eigenvalue weighted by Crippen LogP contribution is 2.36. The number of carbonyl (C=O) groups excluding carboxylic acids is 2. The van der Waals surface area contributed by atoms with Crippen molar-refractivity contribution in [2.75, 3.05) is 19.8 Å². The summed E-state index contributed by atoms with van der Waals surface area (Å²) in [6.07, 6.45) is 1.85. The van der Waals surface area contributed by atoms with Gasteiger partial charge in [0.25, 0.3) is 0 Å². The average molecular weight is 294 g/mol. The van der Waals surface area contributed by atoms with Crippen molar-refractivity contribution in [3.8, 4) is 0 Å². The average Bonchev–Trinajstić information content (AvgIpc) is 2.35. The van der Waals surface area contributed by atoms with Crippen LogP contribution >= 0.6 is 7.82 Å². The van der Waals surface area contributed by atoms with Crippen LogP contribution in [0.25, 0.3) is 0 Å². The van der Waals surface area contributed by atoms with Crippen molar-refractivity contribution in [1.29, 1.82) is 0 Å². The van der Waals surface area contributed by atoms with E-state index in [1.807, 2.05) is 0 Å². The molecular weight excluding hydrogens is 279 g/mol. The van der Waals surface area contributed by atoms with E-state index in [1.165, 1.54) is 0 Å². The lowest BCUT2D eigenvalue weighted by Crippen LogP contribution is -2.24. The lowest BCUT2D eigenvalue weighted by molar-refractivity contribution is -0.143. The number of ether oxygens (including phenoxy) is 2. The van der Waals surface area contributed by atoms with Gasteiger partial charge in [0.2, 0.25) is 0 Å². The van der Waals surface area contributed by atoms with Gasteiger partial charge in [-0.15, -0.1) is 0 Å². The molecular formula is C10H15O8P. The molecule has 0 amide bonds. The summed E-state index contributed by atoms with van der Waals surface area (Å²) in [7, 11) is -4.65. The maximum Gasteiger partial charge on any atom is 0.469 e. The molecule has 0 unspecified atom stereocenters. The number of carbonyl (C=O) groups is 2. The number of hydrogen-bond acceptors (Lipinski definition) is 6. The Hall–Kier alpha value is -1.47. The lowest BCUT2D eigenvalue weighted by Gasteiger charge is -2.16. The van der Waals surface area contributed by atoms with Crippen LogP contribution in [0.1, 0.15) is 0 Å². The molecule has 9 heteroatoms. The van der Waals surface area contributed by atoms with Crippen LogP contribution in [0.15, 0.2) is 25.3 Å². The molecule has 0 aromatic heterocycles. The highest BCUT2D eigenvalue weighted by molar-refractivity contribution is 7.46. The van der Waals surface area contributed by atoms with Crippen LogP contribution < -0.4 is 0 Å². The summed E-state index contributed by atoms with van der Waals surface area (Å²) in [4.78, 5) is 38.8. The summed E-state index contributed by atoms with van der Waals surface area (Å²) in [6, 6.07) is 0. The van der Waals surface area contributed by atoms with Crippen LogP contribution in [0.3, 0.4) is 0 Å².